The Morgan fingerprint density at radius 3 is 3.00 bits per heavy atom. The van der Waals surface area contributed by atoms with Gasteiger partial charge in [-0.15, -0.1) is 0 Å². The number of nitrogens with zero attached hydrogens (tertiary/aromatic N) is 2. The molecule has 1 aromatic heterocycles. The SMILES string of the molecule is CC#CC(=O)CCCCCOCCc1cn[nH]n1. The highest BCUT2D eigenvalue weighted by Gasteiger charge is 1.98. The summed E-state index contributed by atoms with van der Waals surface area (Å²) in [5, 5.41) is 10.2. The van der Waals surface area contributed by atoms with E-state index in [4.69, 9.17) is 4.74 Å². The molecule has 5 nitrogen and oxygen atoms in total. The fraction of sp³-hybridized carbons (Fsp3) is 0.615. The monoisotopic (exact) mass is 249 g/mol. The molecule has 0 saturated heterocycles. The molecule has 0 unspecified atom stereocenters. The quantitative estimate of drug-likeness (QED) is 0.409. The molecule has 0 radical (unpaired) electrons. The first-order valence-corrected chi connectivity index (χ1v) is 6.21. The summed E-state index contributed by atoms with van der Waals surface area (Å²) in [5.74, 6) is 5.18. The highest BCUT2D eigenvalue weighted by atomic mass is 16.5. The molecule has 5 heteroatoms. The molecule has 0 fully saturated rings. The molecule has 0 atom stereocenters. The van der Waals surface area contributed by atoms with Crippen LogP contribution in [0, 0.1) is 11.8 Å². The van der Waals surface area contributed by atoms with Gasteiger partial charge < -0.3 is 4.74 Å². The number of Topliss-reactive ketones (excluding diaryl/α,β-unsaturated/α-hetero) is 1. The van der Waals surface area contributed by atoms with Crippen LogP contribution in [0.15, 0.2) is 6.20 Å². The second kappa shape index (κ2) is 9.37. The highest BCUT2D eigenvalue weighted by molar-refractivity contribution is 5.95. The van der Waals surface area contributed by atoms with Crippen LogP contribution in [0.2, 0.25) is 0 Å². The predicted octanol–water partition coefficient (Wildman–Crippen LogP) is 1.52. The van der Waals surface area contributed by atoms with Crippen molar-refractivity contribution >= 4 is 5.78 Å². The van der Waals surface area contributed by atoms with Crippen molar-refractivity contribution in [1.29, 1.82) is 0 Å². The number of aromatic amines is 1. The van der Waals surface area contributed by atoms with E-state index in [2.05, 4.69) is 27.3 Å². The number of hydrogen-bond donors (Lipinski definition) is 1. The first kappa shape index (κ1) is 14.4. The molecular formula is C13H19N3O2. The standard InChI is InChI=1S/C13H19N3O2/c1-2-6-13(17)7-4-3-5-9-18-10-8-12-11-14-16-15-12/h11H,3-5,7-10H2,1H3,(H,14,15,16). The molecule has 1 rings (SSSR count). The summed E-state index contributed by atoms with van der Waals surface area (Å²) < 4.78 is 5.47. The summed E-state index contributed by atoms with van der Waals surface area (Å²) in [7, 11) is 0. The molecule has 0 bridgehead atoms. The van der Waals surface area contributed by atoms with Crippen LogP contribution in [-0.4, -0.2) is 34.4 Å². The largest absolute Gasteiger partial charge is 0.381 e. The van der Waals surface area contributed by atoms with Crippen LogP contribution in [0.3, 0.4) is 0 Å². The highest BCUT2D eigenvalue weighted by Crippen LogP contribution is 2.01. The van der Waals surface area contributed by atoms with Gasteiger partial charge in [0.1, 0.15) is 0 Å². The van der Waals surface area contributed by atoms with E-state index in [-0.39, 0.29) is 5.78 Å². The number of hydrogen-bond acceptors (Lipinski definition) is 4. The second-order valence-corrected chi connectivity index (χ2v) is 3.93. The van der Waals surface area contributed by atoms with Gasteiger partial charge in [0.2, 0.25) is 5.78 Å². The minimum atomic E-state index is 0.0319. The first-order valence-electron chi connectivity index (χ1n) is 6.21. The van der Waals surface area contributed by atoms with Gasteiger partial charge in [-0.05, 0) is 25.7 Å². The van der Waals surface area contributed by atoms with Crippen molar-refractivity contribution in [3.8, 4) is 11.8 Å². The first-order chi connectivity index (χ1) is 8.83. The molecule has 0 aliphatic heterocycles. The van der Waals surface area contributed by atoms with Crippen molar-refractivity contribution in [2.24, 2.45) is 0 Å². The molecule has 0 amide bonds. The fourth-order valence-corrected chi connectivity index (χ4v) is 1.49. The Kier molecular flexibility index (Phi) is 7.49. The van der Waals surface area contributed by atoms with Crippen LogP contribution in [0.4, 0.5) is 0 Å². The molecule has 98 valence electrons. The lowest BCUT2D eigenvalue weighted by atomic mass is 10.1. The van der Waals surface area contributed by atoms with E-state index in [1.807, 2.05) is 0 Å². The average molecular weight is 249 g/mol. The predicted molar refractivity (Wildman–Crippen MR) is 67.8 cm³/mol. The molecule has 0 aliphatic carbocycles. The van der Waals surface area contributed by atoms with E-state index in [0.717, 1.165) is 38.0 Å². The van der Waals surface area contributed by atoms with Crippen LogP contribution >= 0.6 is 0 Å². The van der Waals surface area contributed by atoms with E-state index in [1.165, 1.54) is 0 Å². The number of rotatable bonds is 9. The summed E-state index contributed by atoms with van der Waals surface area (Å²) in [6, 6.07) is 0. The van der Waals surface area contributed by atoms with Crippen molar-refractivity contribution in [3.05, 3.63) is 11.9 Å². The molecular weight excluding hydrogens is 230 g/mol. The van der Waals surface area contributed by atoms with Crippen molar-refractivity contribution in [2.75, 3.05) is 13.2 Å². The number of aromatic nitrogens is 3. The molecule has 0 spiro atoms. The van der Waals surface area contributed by atoms with Gasteiger partial charge in [0.05, 0.1) is 18.5 Å². The Hall–Kier alpha value is -1.67. The van der Waals surface area contributed by atoms with E-state index in [1.54, 1.807) is 13.1 Å². The third kappa shape index (κ3) is 6.81. The maximum atomic E-state index is 11.1. The zero-order valence-electron chi connectivity index (χ0n) is 10.7. The summed E-state index contributed by atoms with van der Waals surface area (Å²) in [5.41, 5.74) is 0.915. The molecule has 0 aromatic carbocycles. The lowest BCUT2D eigenvalue weighted by Gasteiger charge is -2.02. The molecule has 1 N–H and O–H groups in total. The van der Waals surface area contributed by atoms with Crippen LogP contribution in [0.1, 0.15) is 38.3 Å². The number of ether oxygens (including phenoxy) is 1. The maximum absolute atomic E-state index is 11.1. The number of H-pyrrole nitrogens is 1. The van der Waals surface area contributed by atoms with Gasteiger partial charge in [-0.25, -0.2) is 0 Å². The normalized spacial score (nSPS) is 9.83. The molecule has 1 heterocycles. The van der Waals surface area contributed by atoms with Crippen molar-refractivity contribution in [3.63, 3.8) is 0 Å². The van der Waals surface area contributed by atoms with Gasteiger partial charge in [-0.2, -0.15) is 15.4 Å². The summed E-state index contributed by atoms with van der Waals surface area (Å²) in [6.45, 7) is 3.07. The zero-order valence-corrected chi connectivity index (χ0v) is 10.7. The second-order valence-electron chi connectivity index (χ2n) is 3.93. The third-order valence-corrected chi connectivity index (χ3v) is 2.42. The fourth-order valence-electron chi connectivity index (χ4n) is 1.49. The Bertz CT molecular complexity index is 390. The summed E-state index contributed by atoms with van der Waals surface area (Å²) in [6.07, 6.45) is 5.90. The van der Waals surface area contributed by atoms with E-state index < -0.39 is 0 Å². The Morgan fingerprint density at radius 2 is 2.28 bits per heavy atom. The Balaban J connectivity index is 1.86. The number of ketones is 1. The summed E-state index contributed by atoms with van der Waals surface area (Å²) in [4.78, 5) is 11.1. The number of carbonyl (C=O) groups is 1. The minimum absolute atomic E-state index is 0.0319. The van der Waals surface area contributed by atoms with Gasteiger partial charge in [-0.3, -0.25) is 4.79 Å². The van der Waals surface area contributed by atoms with Crippen molar-refractivity contribution in [2.45, 2.75) is 39.0 Å². The number of unbranched alkanes of at least 4 members (excludes halogenated alkanes) is 2. The molecule has 0 aliphatic rings. The number of nitrogens with one attached hydrogen (secondary N) is 1. The molecule has 1 aromatic rings. The van der Waals surface area contributed by atoms with Crippen LogP contribution < -0.4 is 0 Å². The smallest absolute Gasteiger partial charge is 0.205 e. The minimum Gasteiger partial charge on any atom is -0.381 e. The van der Waals surface area contributed by atoms with E-state index >= 15 is 0 Å². The topological polar surface area (TPSA) is 67.9 Å². The van der Waals surface area contributed by atoms with Crippen LogP contribution in [0.25, 0.3) is 0 Å². The average Bonchev–Trinajstić information content (AvgIpc) is 2.86. The Morgan fingerprint density at radius 1 is 1.39 bits per heavy atom. The van der Waals surface area contributed by atoms with Gasteiger partial charge in [0.15, 0.2) is 0 Å². The van der Waals surface area contributed by atoms with Gasteiger partial charge in [0.25, 0.3) is 0 Å². The van der Waals surface area contributed by atoms with E-state index in [9.17, 15) is 4.79 Å². The molecule has 0 saturated carbocycles. The zero-order chi connectivity index (χ0) is 13.1. The van der Waals surface area contributed by atoms with Gasteiger partial charge in [0, 0.05) is 19.4 Å². The third-order valence-electron chi connectivity index (χ3n) is 2.42. The lowest BCUT2D eigenvalue weighted by Crippen LogP contribution is -2.01. The number of carbonyl (C=O) groups excluding carboxylic acids is 1. The van der Waals surface area contributed by atoms with Gasteiger partial charge >= 0.3 is 0 Å². The van der Waals surface area contributed by atoms with Crippen molar-refractivity contribution < 1.29 is 9.53 Å². The van der Waals surface area contributed by atoms with E-state index in [0.29, 0.717) is 13.0 Å². The van der Waals surface area contributed by atoms with Crippen LogP contribution in [0.5, 0.6) is 0 Å². The van der Waals surface area contributed by atoms with Crippen LogP contribution in [-0.2, 0) is 16.0 Å². The lowest BCUT2D eigenvalue weighted by molar-refractivity contribution is -0.113. The Labute approximate surface area is 107 Å². The van der Waals surface area contributed by atoms with Gasteiger partial charge in [-0.1, -0.05) is 12.3 Å². The summed E-state index contributed by atoms with van der Waals surface area (Å²) >= 11 is 0. The van der Waals surface area contributed by atoms with Crippen molar-refractivity contribution in [1.82, 2.24) is 15.4 Å². The maximum Gasteiger partial charge on any atom is 0.205 e. The molecule has 18 heavy (non-hydrogen) atoms.